The molecule has 2 aromatic carbocycles. The van der Waals surface area contributed by atoms with Crippen LogP contribution in [0.1, 0.15) is 37.3 Å². The van der Waals surface area contributed by atoms with E-state index in [2.05, 4.69) is 24.4 Å². The molecule has 2 rings (SSSR count). The maximum absolute atomic E-state index is 11.9. The summed E-state index contributed by atoms with van der Waals surface area (Å²) in [7, 11) is 0. The molecular formula is C19H20Cl2N2O3. The number of nitrogens with one attached hydrogen (secondary N) is 1. The molecule has 0 bridgehead atoms. The minimum Gasteiger partial charge on any atom is -0.506 e. The summed E-state index contributed by atoms with van der Waals surface area (Å²) in [4.78, 5) is 11.9. The molecule has 0 saturated carbocycles. The SMILES string of the molecule is CCC(C)c1ccccc1OCC(=O)NN=Cc1cc(Cl)cc(Cl)c1O. The first-order valence-electron chi connectivity index (χ1n) is 8.14. The van der Waals surface area contributed by atoms with Crippen molar-refractivity contribution < 1.29 is 14.6 Å². The van der Waals surface area contributed by atoms with Gasteiger partial charge in [-0.25, -0.2) is 5.43 Å². The van der Waals surface area contributed by atoms with E-state index >= 15 is 0 Å². The normalized spacial score (nSPS) is 12.2. The van der Waals surface area contributed by atoms with Crippen LogP contribution in [0.3, 0.4) is 0 Å². The fraction of sp³-hybridized carbons (Fsp3) is 0.263. The Hall–Kier alpha value is -2.24. The molecule has 2 N–H and O–H groups in total. The van der Waals surface area contributed by atoms with Crippen LogP contribution in [0.25, 0.3) is 0 Å². The largest absolute Gasteiger partial charge is 0.506 e. The summed E-state index contributed by atoms with van der Waals surface area (Å²) < 4.78 is 5.61. The number of hydrazone groups is 1. The zero-order chi connectivity index (χ0) is 19.1. The van der Waals surface area contributed by atoms with Gasteiger partial charge in [0.1, 0.15) is 11.5 Å². The van der Waals surface area contributed by atoms with Gasteiger partial charge in [0.2, 0.25) is 0 Å². The lowest BCUT2D eigenvalue weighted by atomic mass is 9.98. The molecule has 26 heavy (non-hydrogen) atoms. The molecular weight excluding hydrogens is 375 g/mol. The summed E-state index contributed by atoms with van der Waals surface area (Å²) in [5.41, 5.74) is 3.70. The fourth-order valence-electron chi connectivity index (χ4n) is 2.27. The smallest absolute Gasteiger partial charge is 0.277 e. The maximum atomic E-state index is 11.9. The van der Waals surface area contributed by atoms with Gasteiger partial charge in [-0.05, 0) is 36.1 Å². The number of halogens is 2. The van der Waals surface area contributed by atoms with Crippen LogP contribution < -0.4 is 10.2 Å². The van der Waals surface area contributed by atoms with Gasteiger partial charge in [-0.15, -0.1) is 0 Å². The lowest BCUT2D eigenvalue weighted by molar-refractivity contribution is -0.123. The number of carbonyl (C=O) groups is 1. The minimum atomic E-state index is -0.423. The molecule has 2 aromatic rings. The number of phenols is 1. The zero-order valence-corrected chi connectivity index (χ0v) is 16.0. The predicted molar refractivity (Wildman–Crippen MR) is 105 cm³/mol. The Morgan fingerprint density at radius 1 is 1.35 bits per heavy atom. The van der Waals surface area contributed by atoms with E-state index in [0.29, 0.717) is 22.3 Å². The van der Waals surface area contributed by atoms with E-state index in [4.69, 9.17) is 27.9 Å². The van der Waals surface area contributed by atoms with Crippen LogP contribution in [-0.4, -0.2) is 23.8 Å². The molecule has 0 heterocycles. The van der Waals surface area contributed by atoms with Crippen LogP contribution in [0.5, 0.6) is 11.5 Å². The van der Waals surface area contributed by atoms with E-state index in [9.17, 15) is 9.90 Å². The van der Waals surface area contributed by atoms with E-state index in [1.54, 1.807) is 0 Å². The Labute approximate surface area is 162 Å². The molecule has 0 spiro atoms. The summed E-state index contributed by atoms with van der Waals surface area (Å²) in [6.07, 6.45) is 2.24. The lowest BCUT2D eigenvalue weighted by Crippen LogP contribution is -2.25. The van der Waals surface area contributed by atoms with Crippen molar-refractivity contribution in [2.45, 2.75) is 26.2 Å². The Balaban J connectivity index is 1.94. The van der Waals surface area contributed by atoms with Crippen LogP contribution in [0, 0.1) is 0 Å². The first kappa shape index (κ1) is 20.1. The molecule has 0 aliphatic rings. The van der Waals surface area contributed by atoms with E-state index in [1.165, 1.54) is 18.3 Å². The van der Waals surface area contributed by atoms with Crippen LogP contribution >= 0.6 is 23.2 Å². The summed E-state index contributed by atoms with van der Waals surface area (Å²) >= 11 is 11.7. The Kier molecular flexibility index (Phi) is 7.30. The van der Waals surface area contributed by atoms with Gasteiger partial charge in [0.15, 0.2) is 6.61 Å². The summed E-state index contributed by atoms with van der Waals surface area (Å²) in [5, 5.41) is 14.1. The third kappa shape index (κ3) is 5.38. The minimum absolute atomic E-state index is 0.107. The number of hydrogen-bond donors (Lipinski definition) is 2. The molecule has 1 atom stereocenters. The van der Waals surface area contributed by atoms with Crippen molar-refractivity contribution in [3.05, 3.63) is 57.6 Å². The molecule has 0 fully saturated rings. The summed E-state index contributed by atoms with van der Waals surface area (Å²) in [5.74, 6) is 0.434. The number of carbonyl (C=O) groups excluding carboxylic acids is 1. The molecule has 0 aromatic heterocycles. The Bertz CT molecular complexity index is 809. The van der Waals surface area contributed by atoms with Gasteiger partial charge in [0.05, 0.1) is 11.2 Å². The third-order valence-electron chi connectivity index (χ3n) is 3.87. The van der Waals surface area contributed by atoms with Gasteiger partial charge >= 0.3 is 0 Å². The molecule has 1 unspecified atom stereocenters. The van der Waals surface area contributed by atoms with Gasteiger partial charge in [-0.1, -0.05) is 55.2 Å². The number of rotatable bonds is 7. The number of phenolic OH excluding ortho intramolecular Hbond substituents is 1. The predicted octanol–water partition coefficient (Wildman–Crippen LogP) is 4.74. The summed E-state index contributed by atoms with van der Waals surface area (Å²) in [6, 6.07) is 10.5. The van der Waals surface area contributed by atoms with Crippen molar-refractivity contribution in [2.24, 2.45) is 5.10 Å². The van der Waals surface area contributed by atoms with E-state index in [-0.39, 0.29) is 17.4 Å². The van der Waals surface area contributed by atoms with E-state index in [1.807, 2.05) is 24.3 Å². The summed E-state index contributed by atoms with van der Waals surface area (Å²) in [6.45, 7) is 4.03. The molecule has 0 aliphatic heterocycles. The number of benzene rings is 2. The molecule has 0 saturated heterocycles. The molecule has 7 heteroatoms. The Morgan fingerprint density at radius 3 is 2.81 bits per heavy atom. The monoisotopic (exact) mass is 394 g/mol. The van der Waals surface area contributed by atoms with Gasteiger partial charge < -0.3 is 9.84 Å². The lowest BCUT2D eigenvalue weighted by Gasteiger charge is -2.15. The van der Waals surface area contributed by atoms with Crippen LogP contribution in [-0.2, 0) is 4.79 Å². The van der Waals surface area contributed by atoms with Crippen LogP contribution in [0.2, 0.25) is 10.0 Å². The van der Waals surface area contributed by atoms with Crippen molar-refractivity contribution in [1.29, 1.82) is 0 Å². The Morgan fingerprint density at radius 2 is 2.08 bits per heavy atom. The average Bonchev–Trinajstić information content (AvgIpc) is 2.63. The average molecular weight is 395 g/mol. The fourth-order valence-corrected chi connectivity index (χ4v) is 2.78. The van der Waals surface area contributed by atoms with Gasteiger partial charge in [0, 0.05) is 10.6 Å². The first-order chi connectivity index (χ1) is 12.4. The van der Waals surface area contributed by atoms with Crippen molar-refractivity contribution in [3.63, 3.8) is 0 Å². The first-order valence-corrected chi connectivity index (χ1v) is 8.89. The number of hydrogen-bond acceptors (Lipinski definition) is 4. The third-order valence-corrected chi connectivity index (χ3v) is 4.38. The molecule has 0 aliphatic carbocycles. The van der Waals surface area contributed by atoms with E-state index < -0.39 is 5.91 Å². The van der Waals surface area contributed by atoms with Crippen molar-refractivity contribution in [3.8, 4) is 11.5 Å². The highest BCUT2D eigenvalue weighted by Crippen LogP contribution is 2.30. The second-order valence-electron chi connectivity index (χ2n) is 5.75. The maximum Gasteiger partial charge on any atom is 0.277 e. The molecule has 1 amide bonds. The number of ether oxygens (including phenoxy) is 1. The van der Waals surface area contributed by atoms with Crippen LogP contribution in [0.4, 0.5) is 0 Å². The highest BCUT2D eigenvalue weighted by molar-refractivity contribution is 6.36. The highest BCUT2D eigenvalue weighted by atomic mass is 35.5. The standard InChI is InChI=1S/C19H20Cl2N2O3/c1-3-12(2)15-6-4-5-7-17(15)26-11-18(24)23-22-10-13-8-14(20)9-16(21)19(13)25/h4-10,12,25H,3,11H2,1-2H3,(H,23,24). The quantitative estimate of drug-likeness (QED) is 0.526. The van der Waals surface area contributed by atoms with Crippen LogP contribution in [0.15, 0.2) is 41.5 Å². The topological polar surface area (TPSA) is 70.9 Å². The van der Waals surface area contributed by atoms with Crippen molar-refractivity contribution in [1.82, 2.24) is 5.43 Å². The van der Waals surface area contributed by atoms with Crippen molar-refractivity contribution in [2.75, 3.05) is 6.61 Å². The number of nitrogens with zero attached hydrogens (tertiary/aromatic N) is 1. The number of amides is 1. The zero-order valence-electron chi connectivity index (χ0n) is 14.5. The molecule has 138 valence electrons. The number of aromatic hydroxyl groups is 1. The highest BCUT2D eigenvalue weighted by Gasteiger charge is 2.11. The second-order valence-corrected chi connectivity index (χ2v) is 6.60. The van der Waals surface area contributed by atoms with E-state index in [0.717, 1.165) is 12.0 Å². The molecule has 0 radical (unpaired) electrons. The molecule has 5 nitrogen and oxygen atoms in total. The van der Waals surface area contributed by atoms with Crippen molar-refractivity contribution >= 4 is 35.3 Å². The van der Waals surface area contributed by atoms with Gasteiger partial charge in [0.25, 0.3) is 5.91 Å². The number of para-hydroxylation sites is 1. The second kappa shape index (κ2) is 9.46. The van der Waals surface area contributed by atoms with Gasteiger partial charge in [-0.3, -0.25) is 4.79 Å². The van der Waals surface area contributed by atoms with Gasteiger partial charge in [-0.2, -0.15) is 5.10 Å².